The fourth-order valence-corrected chi connectivity index (χ4v) is 3.98. The van der Waals surface area contributed by atoms with E-state index in [1.807, 2.05) is 18.2 Å². The summed E-state index contributed by atoms with van der Waals surface area (Å²) >= 11 is 13.2. The topological polar surface area (TPSA) is 40.1 Å². The first-order chi connectivity index (χ1) is 11.5. The highest BCUT2D eigenvalue weighted by atomic mass is 35.5. The van der Waals surface area contributed by atoms with E-state index in [4.69, 9.17) is 23.8 Å². The van der Waals surface area contributed by atoms with Gasteiger partial charge in [-0.2, -0.15) is 9.36 Å². The second-order valence-electron chi connectivity index (χ2n) is 5.89. The summed E-state index contributed by atoms with van der Waals surface area (Å²) < 4.78 is 4.91. The molecule has 0 amide bonds. The van der Waals surface area contributed by atoms with Crippen molar-refractivity contribution in [3.8, 4) is 5.69 Å². The lowest BCUT2D eigenvalue weighted by molar-refractivity contribution is -0.917. The SMILES string of the molecule is Cc1cccc(-n2nnn(C[NH+](C)Cc3ccc(Cl)s3)c2=S)c1C. The van der Waals surface area contributed by atoms with Crippen LogP contribution in [0.1, 0.15) is 16.0 Å². The van der Waals surface area contributed by atoms with Crippen molar-refractivity contribution >= 4 is 35.2 Å². The zero-order valence-electron chi connectivity index (χ0n) is 13.8. The number of rotatable bonds is 5. The Kier molecular flexibility index (Phi) is 5.15. The fraction of sp³-hybridized carbons (Fsp3) is 0.312. The van der Waals surface area contributed by atoms with Crippen molar-refractivity contribution in [1.82, 2.24) is 19.8 Å². The van der Waals surface area contributed by atoms with Crippen LogP contribution in [0.2, 0.25) is 4.34 Å². The highest BCUT2D eigenvalue weighted by molar-refractivity contribution is 7.71. The first kappa shape index (κ1) is 17.3. The Morgan fingerprint density at radius 2 is 2.00 bits per heavy atom. The molecule has 24 heavy (non-hydrogen) atoms. The van der Waals surface area contributed by atoms with E-state index in [2.05, 4.69) is 43.5 Å². The van der Waals surface area contributed by atoms with Crippen LogP contribution in [0.15, 0.2) is 30.3 Å². The van der Waals surface area contributed by atoms with Crippen molar-refractivity contribution in [1.29, 1.82) is 0 Å². The van der Waals surface area contributed by atoms with Crippen molar-refractivity contribution in [2.24, 2.45) is 0 Å². The quantitative estimate of drug-likeness (QED) is 0.692. The van der Waals surface area contributed by atoms with Crippen LogP contribution in [0, 0.1) is 18.6 Å². The van der Waals surface area contributed by atoms with E-state index in [0.29, 0.717) is 11.4 Å². The summed E-state index contributed by atoms with van der Waals surface area (Å²) in [4.78, 5) is 2.50. The van der Waals surface area contributed by atoms with Crippen LogP contribution in [0.25, 0.3) is 5.69 Å². The van der Waals surface area contributed by atoms with Crippen LogP contribution in [-0.2, 0) is 13.2 Å². The molecule has 1 N–H and O–H groups in total. The average molecular weight is 381 g/mol. The molecule has 0 saturated carbocycles. The molecule has 0 saturated heterocycles. The van der Waals surface area contributed by atoms with Gasteiger partial charge in [0.05, 0.1) is 21.9 Å². The van der Waals surface area contributed by atoms with E-state index in [9.17, 15) is 0 Å². The van der Waals surface area contributed by atoms with Crippen molar-refractivity contribution in [3.63, 3.8) is 0 Å². The molecule has 2 heterocycles. The average Bonchev–Trinajstić information content (AvgIpc) is 3.09. The Labute approximate surface area is 155 Å². The number of halogens is 1. The summed E-state index contributed by atoms with van der Waals surface area (Å²) in [6, 6.07) is 10.1. The third-order valence-corrected chi connectivity index (χ3v) is 5.58. The molecule has 0 aliphatic rings. The largest absolute Gasteiger partial charge is 0.314 e. The Balaban J connectivity index is 1.80. The summed E-state index contributed by atoms with van der Waals surface area (Å²) in [6.45, 7) is 5.68. The number of nitrogens with zero attached hydrogens (tertiary/aromatic N) is 4. The maximum atomic E-state index is 5.99. The molecule has 0 aliphatic carbocycles. The number of tetrazole rings is 1. The lowest BCUT2D eigenvalue weighted by Crippen LogP contribution is -3.06. The van der Waals surface area contributed by atoms with Gasteiger partial charge in [-0.05, 0) is 65.8 Å². The normalized spacial score (nSPS) is 12.5. The van der Waals surface area contributed by atoms with Crippen LogP contribution in [0.5, 0.6) is 0 Å². The fourth-order valence-electron chi connectivity index (χ4n) is 2.55. The van der Waals surface area contributed by atoms with Gasteiger partial charge in [0.25, 0.3) is 0 Å². The Hall–Kier alpha value is -1.54. The molecular weight excluding hydrogens is 362 g/mol. The predicted molar refractivity (Wildman–Crippen MR) is 99.6 cm³/mol. The van der Waals surface area contributed by atoms with E-state index < -0.39 is 0 Å². The first-order valence-corrected chi connectivity index (χ1v) is 9.21. The number of hydrogen-bond acceptors (Lipinski definition) is 4. The van der Waals surface area contributed by atoms with Gasteiger partial charge >= 0.3 is 0 Å². The van der Waals surface area contributed by atoms with Crippen molar-refractivity contribution < 1.29 is 4.90 Å². The van der Waals surface area contributed by atoms with Crippen molar-refractivity contribution in [2.45, 2.75) is 27.1 Å². The molecule has 0 radical (unpaired) electrons. The minimum absolute atomic E-state index is 0.604. The number of nitrogens with one attached hydrogen (secondary N) is 1. The number of aromatic nitrogens is 4. The Bertz CT molecular complexity index is 911. The molecule has 3 rings (SSSR count). The molecule has 2 aromatic heterocycles. The minimum atomic E-state index is 0.604. The summed E-state index contributed by atoms with van der Waals surface area (Å²) in [5, 5.41) is 8.48. The van der Waals surface area contributed by atoms with Gasteiger partial charge in [0.2, 0.25) is 4.77 Å². The third kappa shape index (κ3) is 3.59. The number of quaternary nitrogens is 1. The molecule has 8 heteroatoms. The molecule has 3 aromatic rings. The zero-order valence-corrected chi connectivity index (χ0v) is 16.2. The lowest BCUT2D eigenvalue weighted by atomic mass is 10.1. The van der Waals surface area contributed by atoms with Crippen LogP contribution in [-0.4, -0.2) is 26.8 Å². The molecule has 126 valence electrons. The number of hydrogen-bond donors (Lipinski definition) is 1. The number of benzene rings is 1. The van der Waals surface area contributed by atoms with Gasteiger partial charge in [-0.15, -0.1) is 11.3 Å². The van der Waals surface area contributed by atoms with Gasteiger partial charge < -0.3 is 4.90 Å². The van der Waals surface area contributed by atoms with E-state index in [0.717, 1.165) is 22.1 Å². The molecule has 0 bridgehead atoms. The van der Waals surface area contributed by atoms with Gasteiger partial charge in [0.15, 0.2) is 6.67 Å². The van der Waals surface area contributed by atoms with E-state index in [1.54, 1.807) is 20.7 Å². The maximum absolute atomic E-state index is 5.99. The lowest BCUT2D eigenvalue weighted by Gasteiger charge is -2.12. The smallest absolute Gasteiger partial charge is 0.225 e. The monoisotopic (exact) mass is 380 g/mol. The van der Waals surface area contributed by atoms with Crippen LogP contribution < -0.4 is 4.90 Å². The molecule has 1 unspecified atom stereocenters. The number of aryl methyl sites for hydroxylation is 1. The number of thiophene rings is 1. The highest BCUT2D eigenvalue weighted by Gasteiger charge is 2.13. The van der Waals surface area contributed by atoms with Gasteiger partial charge in [-0.25, -0.2) is 0 Å². The zero-order chi connectivity index (χ0) is 17.3. The van der Waals surface area contributed by atoms with Gasteiger partial charge in [0.1, 0.15) is 6.54 Å². The van der Waals surface area contributed by atoms with E-state index in [-0.39, 0.29) is 0 Å². The predicted octanol–water partition coefficient (Wildman–Crippen LogP) is 2.80. The molecule has 0 aliphatic heterocycles. The maximum Gasteiger partial charge on any atom is 0.225 e. The molecule has 1 atom stereocenters. The summed E-state index contributed by atoms with van der Waals surface area (Å²) in [5.74, 6) is 0. The first-order valence-electron chi connectivity index (χ1n) is 7.60. The van der Waals surface area contributed by atoms with Gasteiger partial charge in [-0.1, -0.05) is 23.7 Å². The van der Waals surface area contributed by atoms with Crippen LogP contribution >= 0.6 is 35.2 Å². The standard InChI is InChI=1S/C16H18ClN5S2/c1-11-5-4-6-14(12(11)2)22-16(23)21(18-19-22)10-20(3)9-13-7-8-15(17)24-13/h4-8H,9-10H2,1-3H3/p+1. The Morgan fingerprint density at radius 1 is 1.21 bits per heavy atom. The van der Waals surface area contributed by atoms with Crippen LogP contribution in [0.3, 0.4) is 0 Å². The molecule has 0 spiro atoms. The molecular formula is C16H19ClN5S2+. The third-order valence-electron chi connectivity index (χ3n) is 3.97. The van der Waals surface area contributed by atoms with Crippen LogP contribution in [0.4, 0.5) is 0 Å². The van der Waals surface area contributed by atoms with Gasteiger partial charge in [0, 0.05) is 0 Å². The van der Waals surface area contributed by atoms with E-state index >= 15 is 0 Å². The highest BCUT2D eigenvalue weighted by Crippen LogP contribution is 2.20. The summed E-state index contributed by atoms with van der Waals surface area (Å²) in [7, 11) is 2.10. The van der Waals surface area contributed by atoms with Crippen molar-refractivity contribution in [3.05, 3.63) is 55.4 Å². The second-order valence-corrected chi connectivity index (χ2v) is 8.05. The second kappa shape index (κ2) is 7.14. The molecule has 1 aromatic carbocycles. The molecule has 5 nitrogen and oxygen atoms in total. The van der Waals surface area contributed by atoms with E-state index in [1.165, 1.54) is 15.3 Å². The Morgan fingerprint density at radius 3 is 2.71 bits per heavy atom. The van der Waals surface area contributed by atoms with Gasteiger partial charge in [-0.3, -0.25) is 0 Å². The summed E-state index contributed by atoms with van der Waals surface area (Å²) in [6.07, 6.45) is 0. The molecule has 0 fully saturated rings. The van der Waals surface area contributed by atoms with Crippen molar-refractivity contribution in [2.75, 3.05) is 7.05 Å². The minimum Gasteiger partial charge on any atom is -0.314 e. The summed E-state index contributed by atoms with van der Waals surface area (Å²) in [5.41, 5.74) is 3.35.